The minimum Gasteiger partial charge on any atom is -0.464 e. The van der Waals surface area contributed by atoms with Crippen molar-refractivity contribution >= 4 is 5.97 Å². The fraction of sp³-hybridized carbons (Fsp3) is 0.923. The number of hydrogen-bond acceptors (Lipinski definition) is 4. The molecule has 2 fully saturated rings. The molecule has 17 heavy (non-hydrogen) atoms. The Labute approximate surface area is 102 Å². The van der Waals surface area contributed by atoms with Crippen molar-refractivity contribution in [2.45, 2.75) is 63.8 Å². The lowest BCUT2D eigenvalue weighted by Crippen LogP contribution is -2.48. The summed E-state index contributed by atoms with van der Waals surface area (Å²) in [7, 11) is 0. The number of rotatable bonds is 4. The molecule has 1 saturated carbocycles. The van der Waals surface area contributed by atoms with Crippen LogP contribution in [0.15, 0.2) is 0 Å². The lowest BCUT2D eigenvalue weighted by molar-refractivity contribution is -0.192. The number of aliphatic hydroxyl groups is 1. The van der Waals surface area contributed by atoms with Gasteiger partial charge in [-0.25, -0.2) is 4.79 Å². The standard InChI is InChI=1S/C13H22O4/c1-4-5-6-16-11(15)13-7-9(13)10(14)8-12(2,3)17-13/h9-10,14H,4-8H2,1-3H3/t9-,10-,13-/m0/s1. The molecule has 0 aromatic heterocycles. The average molecular weight is 242 g/mol. The molecule has 0 aromatic rings. The van der Waals surface area contributed by atoms with Crippen molar-refractivity contribution in [3.8, 4) is 0 Å². The summed E-state index contributed by atoms with van der Waals surface area (Å²) < 4.78 is 11.1. The molecule has 1 saturated heterocycles. The lowest BCUT2D eigenvalue weighted by Gasteiger charge is -2.37. The van der Waals surface area contributed by atoms with Crippen LogP contribution in [0.5, 0.6) is 0 Å². The second kappa shape index (κ2) is 4.25. The highest BCUT2D eigenvalue weighted by molar-refractivity contribution is 5.84. The van der Waals surface area contributed by atoms with E-state index in [1.165, 1.54) is 0 Å². The first-order valence-electron chi connectivity index (χ1n) is 6.47. The first-order valence-corrected chi connectivity index (χ1v) is 6.47. The molecule has 4 nitrogen and oxygen atoms in total. The number of ether oxygens (including phenoxy) is 2. The summed E-state index contributed by atoms with van der Waals surface area (Å²) in [4.78, 5) is 12.0. The maximum Gasteiger partial charge on any atom is 0.338 e. The Morgan fingerprint density at radius 2 is 2.18 bits per heavy atom. The number of carbonyl (C=O) groups excluding carboxylic acids is 1. The van der Waals surface area contributed by atoms with Gasteiger partial charge in [-0.3, -0.25) is 0 Å². The van der Waals surface area contributed by atoms with Gasteiger partial charge in [-0.2, -0.15) is 0 Å². The van der Waals surface area contributed by atoms with Crippen molar-refractivity contribution < 1.29 is 19.4 Å². The zero-order valence-corrected chi connectivity index (χ0v) is 10.9. The Bertz CT molecular complexity index is 313. The molecular weight excluding hydrogens is 220 g/mol. The third-order valence-corrected chi connectivity index (χ3v) is 3.66. The van der Waals surface area contributed by atoms with Crippen molar-refractivity contribution in [3.63, 3.8) is 0 Å². The van der Waals surface area contributed by atoms with E-state index in [-0.39, 0.29) is 11.9 Å². The van der Waals surface area contributed by atoms with Gasteiger partial charge in [-0.05, 0) is 26.7 Å². The molecule has 1 aliphatic heterocycles. The van der Waals surface area contributed by atoms with E-state index in [1.54, 1.807) is 0 Å². The summed E-state index contributed by atoms with van der Waals surface area (Å²) in [6.07, 6.45) is 2.61. The normalized spacial score (nSPS) is 38.4. The van der Waals surface area contributed by atoms with Crippen LogP contribution < -0.4 is 0 Å². The molecule has 2 rings (SSSR count). The van der Waals surface area contributed by atoms with Gasteiger partial charge in [-0.1, -0.05) is 13.3 Å². The topological polar surface area (TPSA) is 55.8 Å². The lowest BCUT2D eigenvalue weighted by atomic mass is 9.92. The molecule has 98 valence electrons. The smallest absolute Gasteiger partial charge is 0.338 e. The summed E-state index contributed by atoms with van der Waals surface area (Å²) >= 11 is 0. The van der Waals surface area contributed by atoms with Crippen LogP contribution in [0.4, 0.5) is 0 Å². The molecule has 2 aliphatic rings. The van der Waals surface area contributed by atoms with Crippen molar-refractivity contribution in [1.29, 1.82) is 0 Å². The highest BCUT2D eigenvalue weighted by Gasteiger charge is 2.70. The Hall–Kier alpha value is -0.610. The number of unbranched alkanes of at least 4 members (excludes halogenated alkanes) is 1. The van der Waals surface area contributed by atoms with Crippen LogP contribution in [-0.2, 0) is 14.3 Å². The summed E-state index contributed by atoms with van der Waals surface area (Å²) in [5, 5.41) is 9.95. The Kier molecular flexibility index (Phi) is 3.21. The van der Waals surface area contributed by atoms with Crippen LogP contribution >= 0.6 is 0 Å². The SMILES string of the molecule is CCCCOC(=O)[C@]12C[C@H]1[C@@H](O)CC(C)(C)O2. The van der Waals surface area contributed by atoms with E-state index in [4.69, 9.17) is 9.47 Å². The first kappa shape index (κ1) is 12.8. The van der Waals surface area contributed by atoms with Gasteiger partial charge in [0.05, 0.1) is 18.3 Å². The van der Waals surface area contributed by atoms with Crippen molar-refractivity contribution in [1.82, 2.24) is 0 Å². The molecule has 0 aromatic carbocycles. The summed E-state index contributed by atoms with van der Waals surface area (Å²) in [5.74, 6) is -0.354. The zero-order chi connectivity index (χ0) is 12.7. The minimum absolute atomic E-state index is 0.0651. The van der Waals surface area contributed by atoms with E-state index in [0.29, 0.717) is 19.4 Å². The van der Waals surface area contributed by atoms with Crippen LogP contribution in [0, 0.1) is 5.92 Å². The predicted octanol–water partition coefficient (Wildman–Crippen LogP) is 1.65. The molecule has 1 aliphatic carbocycles. The van der Waals surface area contributed by atoms with E-state index < -0.39 is 17.3 Å². The van der Waals surface area contributed by atoms with Gasteiger partial charge in [-0.15, -0.1) is 0 Å². The van der Waals surface area contributed by atoms with E-state index >= 15 is 0 Å². The molecular formula is C13H22O4. The second-order valence-electron chi connectivity index (χ2n) is 5.82. The molecule has 0 spiro atoms. The fourth-order valence-electron chi connectivity index (χ4n) is 2.72. The maximum atomic E-state index is 12.0. The van der Waals surface area contributed by atoms with Crippen LogP contribution in [-0.4, -0.2) is 35.0 Å². The zero-order valence-electron chi connectivity index (χ0n) is 10.9. The van der Waals surface area contributed by atoms with Crippen LogP contribution in [0.1, 0.15) is 46.5 Å². The van der Waals surface area contributed by atoms with Gasteiger partial charge < -0.3 is 14.6 Å². The molecule has 1 N–H and O–H groups in total. The van der Waals surface area contributed by atoms with Gasteiger partial charge >= 0.3 is 5.97 Å². The molecule has 0 bridgehead atoms. The summed E-state index contributed by atoms with van der Waals surface area (Å²) in [6, 6.07) is 0. The van der Waals surface area contributed by atoms with Gasteiger partial charge in [0.2, 0.25) is 0 Å². The molecule has 0 unspecified atom stereocenters. The van der Waals surface area contributed by atoms with Gasteiger partial charge in [0.1, 0.15) is 0 Å². The fourth-order valence-corrected chi connectivity index (χ4v) is 2.72. The number of fused-ring (bicyclic) bond motifs is 1. The number of aliphatic hydroxyl groups excluding tert-OH is 1. The second-order valence-corrected chi connectivity index (χ2v) is 5.82. The van der Waals surface area contributed by atoms with Crippen molar-refractivity contribution in [3.05, 3.63) is 0 Å². The van der Waals surface area contributed by atoms with Crippen molar-refractivity contribution in [2.24, 2.45) is 5.92 Å². The third-order valence-electron chi connectivity index (χ3n) is 3.66. The number of hydrogen-bond donors (Lipinski definition) is 1. The monoisotopic (exact) mass is 242 g/mol. The first-order chi connectivity index (χ1) is 7.91. The van der Waals surface area contributed by atoms with Crippen LogP contribution in [0.3, 0.4) is 0 Å². The molecule has 3 atom stereocenters. The quantitative estimate of drug-likeness (QED) is 0.601. The van der Waals surface area contributed by atoms with Gasteiger partial charge in [0.15, 0.2) is 5.60 Å². The number of esters is 1. The average Bonchev–Trinajstić information content (AvgIpc) is 2.92. The largest absolute Gasteiger partial charge is 0.464 e. The number of carbonyl (C=O) groups is 1. The van der Waals surface area contributed by atoms with E-state index in [9.17, 15) is 9.90 Å². The maximum absolute atomic E-state index is 12.0. The Morgan fingerprint density at radius 3 is 2.82 bits per heavy atom. The van der Waals surface area contributed by atoms with E-state index in [1.807, 2.05) is 13.8 Å². The van der Waals surface area contributed by atoms with Gasteiger partial charge in [0.25, 0.3) is 0 Å². The molecule has 4 heteroatoms. The van der Waals surface area contributed by atoms with Crippen LogP contribution in [0.2, 0.25) is 0 Å². The minimum atomic E-state index is -0.852. The Balaban J connectivity index is 1.98. The third kappa shape index (κ3) is 2.33. The molecule has 1 heterocycles. The predicted molar refractivity (Wildman–Crippen MR) is 62.5 cm³/mol. The summed E-state index contributed by atoms with van der Waals surface area (Å²) in [5.41, 5.74) is -1.30. The molecule has 0 radical (unpaired) electrons. The van der Waals surface area contributed by atoms with Crippen LogP contribution in [0.25, 0.3) is 0 Å². The highest BCUT2D eigenvalue weighted by atomic mass is 16.6. The van der Waals surface area contributed by atoms with E-state index in [0.717, 1.165) is 12.8 Å². The molecule has 0 amide bonds. The van der Waals surface area contributed by atoms with Crippen molar-refractivity contribution in [2.75, 3.05) is 6.61 Å². The summed E-state index contributed by atoms with van der Waals surface area (Å²) in [6.45, 7) is 6.32. The van der Waals surface area contributed by atoms with E-state index in [2.05, 4.69) is 6.92 Å². The van der Waals surface area contributed by atoms with Gasteiger partial charge in [0, 0.05) is 12.3 Å². The Morgan fingerprint density at radius 1 is 1.47 bits per heavy atom. The highest BCUT2D eigenvalue weighted by Crippen LogP contribution is 2.57.